The molecule has 2 rings (SSSR count). The highest BCUT2D eigenvalue weighted by molar-refractivity contribution is 5.93. The lowest BCUT2D eigenvalue weighted by atomic mass is 10.3. The minimum Gasteiger partial charge on any atom is -0.480 e. The maximum absolute atomic E-state index is 12.3. The minimum absolute atomic E-state index is 0.0456. The Labute approximate surface area is 120 Å². The highest BCUT2D eigenvalue weighted by Crippen LogP contribution is 2.15. The number of aliphatic carboxylic acids is 1. The second-order valence-electron chi connectivity index (χ2n) is 4.84. The van der Waals surface area contributed by atoms with Crippen LogP contribution in [0.15, 0.2) is 12.3 Å². The summed E-state index contributed by atoms with van der Waals surface area (Å²) in [6.45, 7) is 1.94. The lowest BCUT2D eigenvalue weighted by Crippen LogP contribution is -2.36. The van der Waals surface area contributed by atoms with Gasteiger partial charge in [0.2, 0.25) is 0 Å². The first-order chi connectivity index (χ1) is 9.97. The summed E-state index contributed by atoms with van der Waals surface area (Å²) in [5.74, 6) is -1.20. The minimum atomic E-state index is -0.894. The zero-order valence-corrected chi connectivity index (χ0v) is 11.3. The van der Waals surface area contributed by atoms with Crippen LogP contribution in [-0.4, -0.2) is 69.4 Å². The molecule has 1 fully saturated rings. The summed E-state index contributed by atoms with van der Waals surface area (Å²) >= 11 is 0. The number of nitrogens with one attached hydrogen (secondary N) is 1. The van der Waals surface area contributed by atoms with Gasteiger partial charge >= 0.3 is 5.97 Å². The van der Waals surface area contributed by atoms with E-state index >= 15 is 0 Å². The number of aromatic nitrogens is 1. The van der Waals surface area contributed by atoms with Gasteiger partial charge in [0.1, 0.15) is 5.69 Å². The van der Waals surface area contributed by atoms with E-state index in [1.807, 2.05) is 0 Å². The summed E-state index contributed by atoms with van der Waals surface area (Å²) in [6, 6.07) is 1.21. The Morgan fingerprint density at radius 1 is 1.33 bits per heavy atom. The third kappa shape index (κ3) is 3.78. The molecule has 0 aliphatic carbocycles. The molecule has 0 spiro atoms. The molecule has 0 bridgehead atoms. The number of carboxylic acid groups (broad SMARTS) is 1. The molecule has 0 aromatic carbocycles. The Bertz CT molecular complexity index is 556. The molecule has 9 heteroatoms. The number of carboxylic acids is 1. The summed E-state index contributed by atoms with van der Waals surface area (Å²) in [4.78, 5) is 39.0. The fourth-order valence-corrected chi connectivity index (χ4v) is 2.31. The number of H-pyrrole nitrogens is 1. The summed E-state index contributed by atoms with van der Waals surface area (Å²) < 4.78 is 0. The van der Waals surface area contributed by atoms with Gasteiger partial charge in [-0.25, -0.2) is 0 Å². The van der Waals surface area contributed by atoms with Crippen LogP contribution in [0.25, 0.3) is 0 Å². The van der Waals surface area contributed by atoms with Gasteiger partial charge in [0.15, 0.2) is 0 Å². The Balaban J connectivity index is 1.99. The molecule has 1 aliphatic heterocycles. The van der Waals surface area contributed by atoms with E-state index in [1.165, 1.54) is 12.3 Å². The first-order valence-corrected chi connectivity index (χ1v) is 6.53. The van der Waals surface area contributed by atoms with E-state index in [1.54, 1.807) is 9.80 Å². The van der Waals surface area contributed by atoms with E-state index < -0.39 is 10.9 Å². The molecule has 9 nitrogen and oxygen atoms in total. The standard InChI is InChI=1S/C12H16N4O5/c17-11(18)8-14-2-1-3-15(5-4-14)12(19)10-6-9(7-13-10)16(20)21/h6-7,13H,1-5,8H2,(H,17,18). The third-order valence-electron chi connectivity index (χ3n) is 3.34. The average molecular weight is 296 g/mol. The van der Waals surface area contributed by atoms with Crippen LogP contribution in [0, 0.1) is 10.1 Å². The maximum Gasteiger partial charge on any atom is 0.317 e. The van der Waals surface area contributed by atoms with Crippen LogP contribution < -0.4 is 0 Å². The van der Waals surface area contributed by atoms with Crippen molar-refractivity contribution in [3.8, 4) is 0 Å². The van der Waals surface area contributed by atoms with Gasteiger partial charge in [0, 0.05) is 32.2 Å². The van der Waals surface area contributed by atoms with Crippen LogP contribution >= 0.6 is 0 Å². The second kappa shape index (κ2) is 6.35. The van der Waals surface area contributed by atoms with Crippen molar-refractivity contribution in [2.45, 2.75) is 6.42 Å². The largest absolute Gasteiger partial charge is 0.480 e. The molecule has 1 aromatic rings. The molecule has 0 saturated carbocycles. The van der Waals surface area contributed by atoms with Crippen LogP contribution in [0.5, 0.6) is 0 Å². The highest BCUT2D eigenvalue weighted by atomic mass is 16.6. The summed E-state index contributed by atoms with van der Waals surface area (Å²) in [6.07, 6.45) is 1.85. The van der Waals surface area contributed by atoms with E-state index in [0.29, 0.717) is 32.6 Å². The Hall–Kier alpha value is -2.42. The highest BCUT2D eigenvalue weighted by Gasteiger charge is 2.23. The van der Waals surface area contributed by atoms with Crippen molar-refractivity contribution in [1.82, 2.24) is 14.8 Å². The summed E-state index contributed by atoms with van der Waals surface area (Å²) in [7, 11) is 0. The van der Waals surface area contributed by atoms with Gasteiger partial charge in [0.05, 0.1) is 17.7 Å². The van der Waals surface area contributed by atoms with Gasteiger partial charge in [-0.3, -0.25) is 24.6 Å². The topological polar surface area (TPSA) is 120 Å². The molecule has 21 heavy (non-hydrogen) atoms. The van der Waals surface area contributed by atoms with E-state index in [-0.39, 0.29) is 23.8 Å². The number of nitrogens with zero attached hydrogens (tertiary/aromatic N) is 3. The van der Waals surface area contributed by atoms with Crippen molar-refractivity contribution in [1.29, 1.82) is 0 Å². The molecule has 1 amide bonds. The lowest BCUT2D eigenvalue weighted by Gasteiger charge is -2.20. The van der Waals surface area contributed by atoms with Crippen molar-refractivity contribution < 1.29 is 19.6 Å². The Kier molecular flexibility index (Phi) is 4.53. The fraction of sp³-hybridized carbons (Fsp3) is 0.500. The van der Waals surface area contributed by atoms with Gasteiger partial charge < -0.3 is 15.0 Å². The normalized spacial score (nSPS) is 16.5. The second-order valence-corrected chi connectivity index (χ2v) is 4.84. The number of rotatable bonds is 4. The Morgan fingerprint density at radius 3 is 2.71 bits per heavy atom. The third-order valence-corrected chi connectivity index (χ3v) is 3.34. The van der Waals surface area contributed by atoms with Gasteiger partial charge in [0.25, 0.3) is 11.6 Å². The van der Waals surface area contributed by atoms with Crippen LogP contribution in [0.3, 0.4) is 0 Å². The number of carbonyl (C=O) groups is 2. The molecule has 0 atom stereocenters. The molecule has 0 unspecified atom stereocenters. The van der Waals surface area contributed by atoms with E-state index in [4.69, 9.17) is 5.11 Å². The quantitative estimate of drug-likeness (QED) is 0.603. The first kappa shape index (κ1) is 15.0. The molecule has 1 aliphatic rings. The average Bonchev–Trinajstić information content (AvgIpc) is 2.80. The predicted molar refractivity (Wildman–Crippen MR) is 72.0 cm³/mol. The molecule has 1 aromatic heterocycles. The van der Waals surface area contributed by atoms with Gasteiger partial charge in [-0.05, 0) is 6.42 Å². The molecular weight excluding hydrogens is 280 g/mol. The van der Waals surface area contributed by atoms with Gasteiger partial charge in [-0.15, -0.1) is 0 Å². The van der Waals surface area contributed by atoms with Crippen molar-refractivity contribution in [2.75, 3.05) is 32.7 Å². The van der Waals surface area contributed by atoms with Crippen LogP contribution in [0.1, 0.15) is 16.9 Å². The summed E-state index contributed by atoms with van der Waals surface area (Å²) in [5, 5.41) is 19.4. The van der Waals surface area contributed by atoms with Crippen molar-refractivity contribution in [3.05, 3.63) is 28.1 Å². The molecule has 0 radical (unpaired) electrons. The number of aromatic amines is 1. The first-order valence-electron chi connectivity index (χ1n) is 6.53. The molecule has 1 saturated heterocycles. The maximum atomic E-state index is 12.3. The van der Waals surface area contributed by atoms with E-state index in [0.717, 1.165) is 0 Å². The Morgan fingerprint density at radius 2 is 2.10 bits per heavy atom. The zero-order valence-electron chi connectivity index (χ0n) is 11.3. The molecular formula is C12H16N4O5. The van der Waals surface area contributed by atoms with Gasteiger partial charge in [-0.1, -0.05) is 0 Å². The molecule has 114 valence electrons. The number of amides is 1. The smallest absolute Gasteiger partial charge is 0.317 e. The SMILES string of the molecule is O=C(O)CN1CCCN(C(=O)c2cc([N+](=O)[O-])c[nH]2)CC1. The molecule has 2 N–H and O–H groups in total. The van der Waals surface area contributed by atoms with Crippen molar-refractivity contribution >= 4 is 17.6 Å². The van der Waals surface area contributed by atoms with Crippen LogP contribution in [0.2, 0.25) is 0 Å². The summed E-state index contributed by atoms with van der Waals surface area (Å²) in [5.41, 5.74) is 0.0223. The number of hydrogen-bond donors (Lipinski definition) is 2. The monoisotopic (exact) mass is 296 g/mol. The van der Waals surface area contributed by atoms with E-state index in [2.05, 4.69) is 4.98 Å². The lowest BCUT2D eigenvalue weighted by molar-refractivity contribution is -0.384. The number of carbonyl (C=O) groups excluding carboxylic acids is 1. The molecule has 2 heterocycles. The van der Waals surface area contributed by atoms with Crippen molar-refractivity contribution in [3.63, 3.8) is 0 Å². The number of hydrogen-bond acceptors (Lipinski definition) is 5. The predicted octanol–water partition coefficient (Wildman–Crippen LogP) is 0.155. The van der Waals surface area contributed by atoms with Crippen molar-refractivity contribution in [2.24, 2.45) is 0 Å². The van der Waals surface area contributed by atoms with E-state index in [9.17, 15) is 19.7 Å². The fourth-order valence-electron chi connectivity index (χ4n) is 2.31. The van der Waals surface area contributed by atoms with Crippen LogP contribution in [-0.2, 0) is 4.79 Å². The van der Waals surface area contributed by atoms with Gasteiger partial charge in [-0.2, -0.15) is 0 Å². The number of nitro groups is 1. The van der Waals surface area contributed by atoms with Crippen LogP contribution in [0.4, 0.5) is 5.69 Å². The zero-order chi connectivity index (χ0) is 15.4.